The number of rotatable bonds is 5. The summed E-state index contributed by atoms with van der Waals surface area (Å²) in [5.41, 5.74) is 1.26. The molecule has 0 saturated heterocycles. The van der Waals surface area contributed by atoms with Crippen LogP contribution in [0.15, 0.2) is 24.3 Å². The van der Waals surface area contributed by atoms with E-state index in [2.05, 4.69) is 5.32 Å². The van der Waals surface area contributed by atoms with Gasteiger partial charge in [-0.25, -0.2) is 0 Å². The number of nitrogens with one attached hydrogen (secondary N) is 1. The topological polar surface area (TPSA) is 58.6 Å². The Hall–Kier alpha value is -1.88. The van der Waals surface area contributed by atoms with E-state index in [-0.39, 0.29) is 23.9 Å². The summed E-state index contributed by atoms with van der Waals surface area (Å²) in [4.78, 5) is 25.5. The maximum atomic E-state index is 12.2. The third kappa shape index (κ3) is 5.95. The minimum atomic E-state index is -0.303. The smallest absolute Gasteiger partial charge is 0.254 e. The summed E-state index contributed by atoms with van der Waals surface area (Å²) in [5, 5.41) is 2.83. The van der Waals surface area contributed by atoms with Gasteiger partial charge in [-0.2, -0.15) is 0 Å². The molecule has 0 heterocycles. The second-order valence-corrected chi connectivity index (χ2v) is 6.09. The predicted octanol–water partition coefficient (Wildman–Crippen LogP) is 1.82. The van der Waals surface area contributed by atoms with E-state index in [0.29, 0.717) is 12.2 Å². The molecule has 0 aliphatic heterocycles. The molecule has 0 aliphatic carbocycles. The highest BCUT2D eigenvalue weighted by molar-refractivity contribution is 5.96. The van der Waals surface area contributed by atoms with Crippen LogP contribution in [0.4, 0.5) is 0 Å². The van der Waals surface area contributed by atoms with Gasteiger partial charge in [0, 0.05) is 25.3 Å². The summed E-state index contributed by atoms with van der Waals surface area (Å²) in [7, 11) is 3.24. The number of hydrogen-bond donors (Lipinski definition) is 1. The molecular weight excluding hydrogens is 268 g/mol. The Labute approximate surface area is 126 Å². The predicted molar refractivity (Wildman–Crippen MR) is 82.0 cm³/mol. The number of carbonyl (C=O) groups excluding carboxylic acids is 2. The standard InChI is InChI=1S/C16H24N2O3/c1-16(2,3)17-14(19)10-18(4)15(20)13-8-6-12(7-9-13)11-21-5/h6-9H,10-11H2,1-5H3,(H,17,19). The molecular formula is C16H24N2O3. The van der Waals surface area contributed by atoms with Crippen LogP contribution in [-0.2, 0) is 16.1 Å². The number of likely N-dealkylation sites (N-methyl/N-ethyl adjacent to an activating group) is 1. The van der Waals surface area contributed by atoms with Gasteiger partial charge >= 0.3 is 0 Å². The van der Waals surface area contributed by atoms with Crippen LogP contribution in [0.25, 0.3) is 0 Å². The maximum absolute atomic E-state index is 12.2. The molecule has 1 aromatic rings. The van der Waals surface area contributed by atoms with E-state index >= 15 is 0 Å². The molecule has 5 nitrogen and oxygen atoms in total. The first kappa shape index (κ1) is 17.2. The van der Waals surface area contributed by atoms with Crippen molar-refractivity contribution in [3.05, 3.63) is 35.4 Å². The van der Waals surface area contributed by atoms with Crippen LogP contribution in [0.3, 0.4) is 0 Å². The molecule has 0 unspecified atom stereocenters. The average Bonchev–Trinajstić information content (AvgIpc) is 2.36. The number of hydrogen-bond acceptors (Lipinski definition) is 3. The van der Waals surface area contributed by atoms with E-state index in [1.165, 1.54) is 4.90 Å². The van der Waals surface area contributed by atoms with Crippen molar-refractivity contribution in [1.82, 2.24) is 10.2 Å². The Morgan fingerprint density at radius 1 is 1.19 bits per heavy atom. The van der Waals surface area contributed by atoms with E-state index in [0.717, 1.165) is 5.56 Å². The monoisotopic (exact) mass is 292 g/mol. The minimum absolute atomic E-state index is 0.0376. The molecule has 1 N–H and O–H groups in total. The second-order valence-electron chi connectivity index (χ2n) is 6.09. The SMILES string of the molecule is COCc1ccc(C(=O)N(C)CC(=O)NC(C)(C)C)cc1. The summed E-state index contributed by atoms with van der Waals surface area (Å²) in [5.74, 6) is -0.350. The van der Waals surface area contributed by atoms with Crippen molar-refractivity contribution in [3.63, 3.8) is 0 Å². The maximum Gasteiger partial charge on any atom is 0.254 e. The van der Waals surface area contributed by atoms with Crippen LogP contribution in [0.5, 0.6) is 0 Å². The van der Waals surface area contributed by atoms with Gasteiger partial charge in [0.2, 0.25) is 5.91 Å². The summed E-state index contributed by atoms with van der Waals surface area (Å²) in [6.45, 7) is 6.26. The van der Waals surface area contributed by atoms with Gasteiger partial charge < -0.3 is 15.0 Å². The Balaban J connectivity index is 2.63. The zero-order valence-corrected chi connectivity index (χ0v) is 13.4. The minimum Gasteiger partial charge on any atom is -0.380 e. The van der Waals surface area contributed by atoms with Gasteiger partial charge in [0.1, 0.15) is 0 Å². The quantitative estimate of drug-likeness (QED) is 0.900. The lowest BCUT2D eigenvalue weighted by molar-refractivity contribution is -0.122. The lowest BCUT2D eigenvalue weighted by Crippen LogP contribution is -2.46. The number of amides is 2. The lowest BCUT2D eigenvalue weighted by atomic mass is 10.1. The van der Waals surface area contributed by atoms with E-state index in [4.69, 9.17) is 4.74 Å². The highest BCUT2D eigenvalue weighted by Crippen LogP contribution is 2.08. The Morgan fingerprint density at radius 3 is 2.24 bits per heavy atom. The summed E-state index contributed by atoms with van der Waals surface area (Å²) in [6.07, 6.45) is 0. The highest BCUT2D eigenvalue weighted by Gasteiger charge is 2.18. The van der Waals surface area contributed by atoms with E-state index in [9.17, 15) is 9.59 Å². The normalized spacial score (nSPS) is 11.1. The van der Waals surface area contributed by atoms with Crippen LogP contribution >= 0.6 is 0 Å². The molecule has 0 aliphatic rings. The number of carbonyl (C=O) groups is 2. The van der Waals surface area contributed by atoms with Crippen molar-refractivity contribution >= 4 is 11.8 Å². The van der Waals surface area contributed by atoms with Crippen LogP contribution in [0.1, 0.15) is 36.7 Å². The number of benzene rings is 1. The molecule has 0 spiro atoms. The van der Waals surface area contributed by atoms with Crippen molar-refractivity contribution in [2.75, 3.05) is 20.7 Å². The molecule has 5 heteroatoms. The van der Waals surface area contributed by atoms with E-state index < -0.39 is 0 Å². The number of nitrogens with zero attached hydrogens (tertiary/aromatic N) is 1. The Morgan fingerprint density at radius 2 is 1.76 bits per heavy atom. The van der Waals surface area contributed by atoms with Gasteiger partial charge in [-0.15, -0.1) is 0 Å². The van der Waals surface area contributed by atoms with Crippen molar-refractivity contribution in [3.8, 4) is 0 Å². The third-order valence-electron chi connectivity index (χ3n) is 2.75. The van der Waals surface area contributed by atoms with Crippen LogP contribution in [0, 0.1) is 0 Å². The fourth-order valence-corrected chi connectivity index (χ4v) is 1.88. The molecule has 1 rings (SSSR count). The largest absolute Gasteiger partial charge is 0.380 e. The van der Waals surface area contributed by atoms with Crippen LogP contribution in [0.2, 0.25) is 0 Å². The Kier molecular flexibility index (Phi) is 5.90. The van der Waals surface area contributed by atoms with Gasteiger partial charge in [0.05, 0.1) is 13.2 Å². The number of methoxy groups -OCH3 is 1. The molecule has 21 heavy (non-hydrogen) atoms. The van der Waals surface area contributed by atoms with Crippen molar-refractivity contribution in [2.45, 2.75) is 32.9 Å². The molecule has 0 fully saturated rings. The van der Waals surface area contributed by atoms with E-state index in [1.54, 1.807) is 26.3 Å². The molecule has 0 atom stereocenters. The average molecular weight is 292 g/mol. The van der Waals surface area contributed by atoms with Gasteiger partial charge in [0.15, 0.2) is 0 Å². The summed E-state index contributed by atoms with van der Waals surface area (Å²) in [6, 6.07) is 7.18. The Bertz CT molecular complexity index is 489. The first-order valence-electron chi connectivity index (χ1n) is 6.87. The zero-order chi connectivity index (χ0) is 16.0. The molecule has 2 amide bonds. The van der Waals surface area contributed by atoms with Crippen molar-refractivity contribution in [2.24, 2.45) is 0 Å². The van der Waals surface area contributed by atoms with Gasteiger partial charge in [-0.3, -0.25) is 9.59 Å². The first-order valence-corrected chi connectivity index (χ1v) is 6.87. The number of ether oxygens (including phenoxy) is 1. The molecule has 0 aromatic heterocycles. The molecule has 0 radical (unpaired) electrons. The second kappa shape index (κ2) is 7.22. The van der Waals surface area contributed by atoms with Crippen molar-refractivity contribution < 1.29 is 14.3 Å². The van der Waals surface area contributed by atoms with Gasteiger partial charge in [-0.05, 0) is 38.5 Å². The lowest BCUT2D eigenvalue weighted by Gasteiger charge is -2.23. The highest BCUT2D eigenvalue weighted by atomic mass is 16.5. The van der Waals surface area contributed by atoms with Crippen LogP contribution < -0.4 is 5.32 Å². The van der Waals surface area contributed by atoms with Gasteiger partial charge in [0.25, 0.3) is 5.91 Å². The molecule has 0 bridgehead atoms. The molecule has 0 saturated carbocycles. The third-order valence-corrected chi connectivity index (χ3v) is 2.75. The summed E-state index contributed by atoms with van der Waals surface area (Å²) >= 11 is 0. The van der Waals surface area contributed by atoms with Gasteiger partial charge in [-0.1, -0.05) is 12.1 Å². The van der Waals surface area contributed by atoms with Crippen LogP contribution in [-0.4, -0.2) is 43.0 Å². The molecule has 1 aromatic carbocycles. The van der Waals surface area contributed by atoms with E-state index in [1.807, 2.05) is 32.9 Å². The van der Waals surface area contributed by atoms with Crippen molar-refractivity contribution in [1.29, 1.82) is 0 Å². The first-order chi connectivity index (χ1) is 9.73. The summed E-state index contributed by atoms with van der Waals surface area (Å²) < 4.78 is 5.03. The molecule has 116 valence electrons. The zero-order valence-electron chi connectivity index (χ0n) is 13.4. The fourth-order valence-electron chi connectivity index (χ4n) is 1.88. The fraction of sp³-hybridized carbons (Fsp3) is 0.500.